The third kappa shape index (κ3) is 2.22. The molecule has 0 spiro atoms. The highest BCUT2D eigenvalue weighted by Crippen LogP contribution is 2.20. The molecule has 0 aromatic heterocycles. The summed E-state index contributed by atoms with van der Waals surface area (Å²) in [5.41, 5.74) is 6.50. The van der Waals surface area contributed by atoms with Crippen LogP contribution in [0.5, 0.6) is 0 Å². The van der Waals surface area contributed by atoms with Crippen LogP contribution < -0.4 is 10.6 Å². The summed E-state index contributed by atoms with van der Waals surface area (Å²) in [4.78, 5) is 13.6. The van der Waals surface area contributed by atoms with Crippen LogP contribution in [0, 0.1) is 5.82 Å². The minimum atomic E-state index is -0.424. The largest absolute Gasteiger partial charge is 0.320 e. The van der Waals surface area contributed by atoms with Crippen molar-refractivity contribution in [2.75, 3.05) is 11.4 Å². The molecule has 1 heterocycles. The zero-order chi connectivity index (χ0) is 11.5. The first-order valence-electron chi connectivity index (χ1n) is 5.51. The van der Waals surface area contributed by atoms with E-state index in [0.29, 0.717) is 6.54 Å². The van der Waals surface area contributed by atoms with Gasteiger partial charge < -0.3 is 10.6 Å². The molecule has 1 aliphatic heterocycles. The van der Waals surface area contributed by atoms with Crippen molar-refractivity contribution in [3.8, 4) is 0 Å². The molecule has 1 aromatic carbocycles. The van der Waals surface area contributed by atoms with Gasteiger partial charge >= 0.3 is 0 Å². The molecule has 0 bridgehead atoms. The number of hydrogen-bond acceptors (Lipinski definition) is 2. The van der Waals surface area contributed by atoms with Crippen molar-refractivity contribution in [3.05, 3.63) is 30.1 Å². The number of anilines is 1. The maximum Gasteiger partial charge on any atom is 0.243 e. The van der Waals surface area contributed by atoms with Crippen molar-refractivity contribution < 1.29 is 9.18 Å². The minimum Gasteiger partial charge on any atom is -0.320 e. The zero-order valence-corrected chi connectivity index (χ0v) is 9.03. The van der Waals surface area contributed by atoms with Gasteiger partial charge in [-0.2, -0.15) is 0 Å². The van der Waals surface area contributed by atoms with E-state index < -0.39 is 6.04 Å². The number of nitrogens with two attached hydrogens (primary N) is 1. The van der Waals surface area contributed by atoms with E-state index in [1.165, 1.54) is 12.1 Å². The molecule has 1 amide bonds. The van der Waals surface area contributed by atoms with Crippen LogP contribution >= 0.6 is 0 Å². The van der Waals surface area contributed by atoms with Gasteiger partial charge in [0.05, 0.1) is 6.04 Å². The van der Waals surface area contributed by atoms with Gasteiger partial charge in [-0.15, -0.1) is 0 Å². The lowest BCUT2D eigenvalue weighted by molar-refractivity contribution is -0.119. The van der Waals surface area contributed by atoms with Crippen molar-refractivity contribution in [3.63, 3.8) is 0 Å². The predicted octanol–water partition coefficient (Wildman–Crippen LogP) is 1.67. The third-order valence-corrected chi connectivity index (χ3v) is 2.87. The maximum atomic E-state index is 12.8. The zero-order valence-electron chi connectivity index (χ0n) is 9.03. The average Bonchev–Trinajstić information content (AvgIpc) is 2.44. The SMILES string of the molecule is N[C@H]1CCCCN(c2ccc(F)cc2)C1=O. The molecule has 4 heteroatoms. The Kier molecular flexibility index (Phi) is 3.19. The Balaban J connectivity index is 2.24. The number of amides is 1. The van der Waals surface area contributed by atoms with Crippen LogP contribution in [-0.4, -0.2) is 18.5 Å². The van der Waals surface area contributed by atoms with Crippen molar-refractivity contribution >= 4 is 11.6 Å². The van der Waals surface area contributed by atoms with Gasteiger partial charge in [-0.05, 0) is 43.5 Å². The van der Waals surface area contributed by atoms with E-state index in [1.807, 2.05) is 0 Å². The summed E-state index contributed by atoms with van der Waals surface area (Å²) in [6.07, 6.45) is 2.64. The van der Waals surface area contributed by atoms with Crippen molar-refractivity contribution in [1.29, 1.82) is 0 Å². The van der Waals surface area contributed by atoms with Crippen molar-refractivity contribution in [2.24, 2.45) is 5.73 Å². The quantitative estimate of drug-likeness (QED) is 0.785. The second-order valence-corrected chi connectivity index (χ2v) is 4.07. The molecule has 1 atom stereocenters. The Hall–Kier alpha value is -1.42. The van der Waals surface area contributed by atoms with Crippen LogP contribution in [0.1, 0.15) is 19.3 Å². The molecule has 1 aliphatic rings. The van der Waals surface area contributed by atoms with Crippen LogP contribution in [0.3, 0.4) is 0 Å². The summed E-state index contributed by atoms with van der Waals surface area (Å²) < 4.78 is 12.8. The summed E-state index contributed by atoms with van der Waals surface area (Å²) in [6, 6.07) is 5.53. The topological polar surface area (TPSA) is 46.3 Å². The van der Waals surface area contributed by atoms with Crippen molar-refractivity contribution in [1.82, 2.24) is 0 Å². The van der Waals surface area contributed by atoms with Gasteiger partial charge in [-0.1, -0.05) is 0 Å². The number of rotatable bonds is 1. The van der Waals surface area contributed by atoms with Crippen LogP contribution in [0.2, 0.25) is 0 Å². The lowest BCUT2D eigenvalue weighted by Crippen LogP contribution is -2.42. The van der Waals surface area contributed by atoms with E-state index in [1.54, 1.807) is 17.0 Å². The van der Waals surface area contributed by atoms with E-state index in [-0.39, 0.29) is 11.7 Å². The summed E-state index contributed by atoms with van der Waals surface area (Å²) in [5.74, 6) is -0.362. The van der Waals surface area contributed by atoms with E-state index >= 15 is 0 Å². The third-order valence-electron chi connectivity index (χ3n) is 2.87. The lowest BCUT2D eigenvalue weighted by Gasteiger charge is -2.22. The molecule has 0 radical (unpaired) electrons. The Morgan fingerprint density at radius 3 is 2.62 bits per heavy atom. The molecular formula is C12H15FN2O. The van der Waals surface area contributed by atoms with E-state index in [9.17, 15) is 9.18 Å². The fourth-order valence-electron chi connectivity index (χ4n) is 1.95. The number of carbonyl (C=O) groups excluding carboxylic acids is 1. The molecular weight excluding hydrogens is 207 g/mol. The molecule has 1 saturated heterocycles. The molecule has 86 valence electrons. The van der Waals surface area contributed by atoms with E-state index in [4.69, 9.17) is 5.73 Å². The maximum absolute atomic E-state index is 12.8. The normalized spacial score (nSPS) is 22.0. The van der Waals surface area contributed by atoms with Gasteiger partial charge in [-0.3, -0.25) is 4.79 Å². The molecule has 1 fully saturated rings. The summed E-state index contributed by atoms with van der Waals surface area (Å²) in [7, 11) is 0. The first-order valence-corrected chi connectivity index (χ1v) is 5.51. The van der Waals surface area contributed by atoms with Gasteiger partial charge in [0, 0.05) is 12.2 Å². The van der Waals surface area contributed by atoms with Gasteiger partial charge in [0.1, 0.15) is 5.82 Å². The smallest absolute Gasteiger partial charge is 0.243 e. The van der Waals surface area contributed by atoms with Crippen LogP contribution in [0.15, 0.2) is 24.3 Å². The molecule has 16 heavy (non-hydrogen) atoms. The lowest BCUT2D eigenvalue weighted by atomic mass is 10.1. The molecule has 1 aromatic rings. The Morgan fingerprint density at radius 2 is 1.94 bits per heavy atom. The van der Waals surface area contributed by atoms with Gasteiger partial charge in [0.25, 0.3) is 0 Å². The van der Waals surface area contributed by atoms with Crippen LogP contribution in [-0.2, 0) is 4.79 Å². The van der Waals surface area contributed by atoms with Gasteiger partial charge in [0.15, 0.2) is 0 Å². The number of carbonyl (C=O) groups is 1. The fourth-order valence-corrected chi connectivity index (χ4v) is 1.95. The number of hydrogen-bond donors (Lipinski definition) is 1. The fraction of sp³-hybridized carbons (Fsp3) is 0.417. The molecule has 0 aliphatic carbocycles. The molecule has 0 saturated carbocycles. The highest BCUT2D eigenvalue weighted by atomic mass is 19.1. The monoisotopic (exact) mass is 222 g/mol. The number of halogens is 1. The summed E-state index contributed by atoms with van der Waals surface area (Å²) in [5, 5.41) is 0. The Morgan fingerprint density at radius 1 is 1.25 bits per heavy atom. The highest BCUT2D eigenvalue weighted by molar-refractivity contribution is 5.97. The summed E-state index contributed by atoms with van der Waals surface area (Å²) in [6.45, 7) is 0.665. The summed E-state index contributed by atoms with van der Waals surface area (Å²) >= 11 is 0. The van der Waals surface area contributed by atoms with Gasteiger partial charge in [-0.25, -0.2) is 4.39 Å². The first kappa shape index (κ1) is 11.1. The second kappa shape index (κ2) is 4.61. The predicted molar refractivity (Wildman–Crippen MR) is 60.6 cm³/mol. The molecule has 0 unspecified atom stereocenters. The molecule has 2 rings (SSSR count). The van der Waals surface area contributed by atoms with Crippen LogP contribution in [0.4, 0.5) is 10.1 Å². The Labute approximate surface area is 94.0 Å². The average molecular weight is 222 g/mol. The standard InChI is InChI=1S/C12H15FN2O/c13-9-4-6-10(7-5-9)15-8-2-1-3-11(14)12(15)16/h4-7,11H,1-3,8,14H2/t11-/m0/s1. The molecule has 2 N–H and O–H groups in total. The van der Waals surface area contributed by atoms with Crippen molar-refractivity contribution in [2.45, 2.75) is 25.3 Å². The Bertz CT molecular complexity index is 377. The van der Waals surface area contributed by atoms with E-state index in [2.05, 4.69) is 0 Å². The van der Waals surface area contributed by atoms with Crippen LogP contribution in [0.25, 0.3) is 0 Å². The number of benzene rings is 1. The highest BCUT2D eigenvalue weighted by Gasteiger charge is 2.24. The second-order valence-electron chi connectivity index (χ2n) is 4.07. The van der Waals surface area contributed by atoms with E-state index in [0.717, 1.165) is 24.9 Å². The first-order chi connectivity index (χ1) is 7.68. The molecule has 3 nitrogen and oxygen atoms in total. The van der Waals surface area contributed by atoms with Gasteiger partial charge in [0.2, 0.25) is 5.91 Å². The number of nitrogens with zero attached hydrogens (tertiary/aromatic N) is 1. The minimum absolute atomic E-state index is 0.0656.